The lowest BCUT2D eigenvalue weighted by atomic mass is 9.85. The number of para-hydroxylation sites is 1. The van der Waals surface area contributed by atoms with E-state index < -0.39 is 0 Å². The third-order valence-electron chi connectivity index (χ3n) is 3.89. The molecule has 2 nitrogen and oxygen atoms in total. The predicted octanol–water partition coefficient (Wildman–Crippen LogP) is 3.70. The summed E-state index contributed by atoms with van der Waals surface area (Å²) in [5.74, 6) is 0.904. The zero-order valence-corrected chi connectivity index (χ0v) is 11.0. The predicted molar refractivity (Wildman–Crippen MR) is 72.9 cm³/mol. The summed E-state index contributed by atoms with van der Waals surface area (Å²) < 4.78 is 5.98. The van der Waals surface area contributed by atoms with Crippen LogP contribution in [-0.4, -0.2) is 0 Å². The highest BCUT2D eigenvalue weighted by atomic mass is 16.3. The number of benzene rings is 1. The molecule has 0 fully saturated rings. The fourth-order valence-electron chi connectivity index (χ4n) is 2.89. The first-order valence-corrected chi connectivity index (χ1v) is 6.60. The second-order valence-electron chi connectivity index (χ2n) is 6.02. The molecule has 0 saturated heterocycles. The van der Waals surface area contributed by atoms with E-state index >= 15 is 0 Å². The van der Waals surface area contributed by atoms with Crippen molar-refractivity contribution in [1.82, 2.24) is 0 Å². The molecule has 0 N–H and O–H groups in total. The molecular formula is C16H18O2. The number of fused-ring (bicyclic) bond motifs is 2. The minimum absolute atomic E-state index is 0.171. The average Bonchev–Trinajstić information content (AvgIpc) is 2.47. The first-order valence-electron chi connectivity index (χ1n) is 6.60. The second-order valence-corrected chi connectivity index (χ2v) is 6.02. The van der Waals surface area contributed by atoms with E-state index in [-0.39, 0.29) is 10.8 Å². The Morgan fingerprint density at radius 2 is 2.00 bits per heavy atom. The van der Waals surface area contributed by atoms with Gasteiger partial charge in [0.15, 0.2) is 5.43 Å². The van der Waals surface area contributed by atoms with E-state index in [0.29, 0.717) is 0 Å². The third-order valence-corrected chi connectivity index (χ3v) is 3.89. The summed E-state index contributed by atoms with van der Waals surface area (Å²) in [7, 11) is 0. The molecule has 1 aromatic carbocycles. The van der Waals surface area contributed by atoms with Crippen LogP contribution in [0.4, 0.5) is 0 Å². The zero-order chi connectivity index (χ0) is 12.8. The van der Waals surface area contributed by atoms with E-state index in [0.717, 1.165) is 48.0 Å². The van der Waals surface area contributed by atoms with Crippen LogP contribution in [0.2, 0.25) is 0 Å². The van der Waals surface area contributed by atoms with Gasteiger partial charge in [0.2, 0.25) is 0 Å². The third kappa shape index (κ3) is 1.86. The molecule has 0 radical (unpaired) electrons. The van der Waals surface area contributed by atoms with Gasteiger partial charge in [0, 0.05) is 12.0 Å². The van der Waals surface area contributed by atoms with Crippen LogP contribution < -0.4 is 5.43 Å². The maximum atomic E-state index is 12.5. The molecule has 2 heteroatoms. The minimum Gasteiger partial charge on any atom is -0.461 e. The van der Waals surface area contributed by atoms with Crippen molar-refractivity contribution in [1.29, 1.82) is 0 Å². The van der Waals surface area contributed by atoms with Crippen molar-refractivity contribution in [2.75, 3.05) is 0 Å². The highest BCUT2D eigenvalue weighted by molar-refractivity contribution is 5.77. The molecule has 0 atom stereocenters. The lowest BCUT2D eigenvalue weighted by Gasteiger charge is -2.21. The van der Waals surface area contributed by atoms with Crippen molar-refractivity contribution in [2.24, 2.45) is 5.41 Å². The van der Waals surface area contributed by atoms with Gasteiger partial charge in [0.25, 0.3) is 0 Å². The van der Waals surface area contributed by atoms with Crippen LogP contribution in [0.15, 0.2) is 33.5 Å². The van der Waals surface area contributed by atoms with E-state index in [4.69, 9.17) is 4.42 Å². The van der Waals surface area contributed by atoms with Crippen LogP contribution in [-0.2, 0) is 12.8 Å². The molecule has 1 aliphatic carbocycles. The summed E-state index contributed by atoms with van der Waals surface area (Å²) in [6.07, 6.45) is 3.93. The monoisotopic (exact) mass is 242 g/mol. The van der Waals surface area contributed by atoms with E-state index in [1.54, 1.807) is 0 Å². The molecule has 1 aliphatic rings. The fraction of sp³-hybridized carbons (Fsp3) is 0.438. The first kappa shape index (κ1) is 11.5. The number of hydrogen-bond acceptors (Lipinski definition) is 2. The summed E-state index contributed by atoms with van der Waals surface area (Å²) in [6.45, 7) is 4.49. The van der Waals surface area contributed by atoms with Crippen molar-refractivity contribution >= 4 is 11.0 Å². The van der Waals surface area contributed by atoms with E-state index in [1.807, 2.05) is 24.3 Å². The summed E-state index contributed by atoms with van der Waals surface area (Å²) in [5.41, 5.74) is 2.02. The van der Waals surface area contributed by atoms with Gasteiger partial charge in [-0.05, 0) is 36.8 Å². The quantitative estimate of drug-likeness (QED) is 0.659. The van der Waals surface area contributed by atoms with Gasteiger partial charge in [0.05, 0.1) is 5.39 Å². The summed E-state index contributed by atoms with van der Waals surface area (Å²) >= 11 is 0. The first-order chi connectivity index (χ1) is 8.57. The van der Waals surface area contributed by atoms with Gasteiger partial charge in [-0.3, -0.25) is 4.79 Å². The van der Waals surface area contributed by atoms with Crippen LogP contribution in [0.1, 0.15) is 38.0 Å². The van der Waals surface area contributed by atoms with E-state index in [9.17, 15) is 4.79 Å². The molecule has 2 aromatic rings. The van der Waals surface area contributed by atoms with Gasteiger partial charge in [-0.2, -0.15) is 0 Å². The maximum absolute atomic E-state index is 12.5. The molecule has 0 spiro atoms. The SMILES string of the molecule is CC1(C)CCCc2c(oc3ccccc3c2=O)C1. The molecule has 1 heterocycles. The van der Waals surface area contributed by atoms with Crippen molar-refractivity contribution in [2.45, 2.75) is 39.5 Å². The smallest absolute Gasteiger partial charge is 0.196 e. The number of hydrogen-bond donors (Lipinski definition) is 0. The fourth-order valence-corrected chi connectivity index (χ4v) is 2.89. The van der Waals surface area contributed by atoms with Crippen LogP contribution in [0.25, 0.3) is 11.0 Å². The molecule has 3 rings (SSSR count). The van der Waals surface area contributed by atoms with Crippen molar-refractivity contribution in [3.63, 3.8) is 0 Å². The number of rotatable bonds is 0. The van der Waals surface area contributed by atoms with Crippen LogP contribution in [0.3, 0.4) is 0 Å². The molecule has 94 valence electrons. The summed E-state index contributed by atoms with van der Waals surface area (Å²) in [5, 5.41) is 0.718. The second kappa shape index (κ2) is 3.98. The van der Waals surface area contributed by atoms with Gasteiger partial charge in [0.1, 0.15) is 11.3 Å². The molecule has 1 aromatic heterocycles. The van der Waals surface area contributed by atoms with Gasteiger partial charge >= 0.3 is 0 Å². The summed E-state index contributed by atoms with van der Waals surface area (Å²) in [6, 6.07) is 7.55. The van der Waals surface area contributed by atoms with Gasteiger partial charge in [-0.1, -0.05) is 26.0 Å². The van der Waals surface area contributed by atoms with Crippen LogP contribution in [0, 0.1) is 5.41 Å². The Labute approximate surface area is 107 Å². The Bertz CT molecular complexity index is 650. The van der Waals surface area contributed by atoms with Crippen LogP contribution >= 0.6 is 0 Å². The lowest BCUT2D eigenvalue weighted by Crippen LogP contribution is -2.15. The van der Waals surface area contributed by atoms with Gasteiger partial charge in [-0.25, -0.2) is 0 Å². The Hall–Kier alpha value is -1.57. The normalized spacial score (nSPS) is 18.3. The van der Waals surface area contributed by atoms with E-state index in [1.165, 1.54) is 0 Å². The molecule has 18 heavy (non-hydrogen) atoms. The highest BCUT2D eigenvalue weighted by Crippen LogP contribution is 2.33. The van der Waals surface area contributed by atoms with Crippen molar-refractivity contribution in [3.8, 4) is 0 Å². The standard InChI is InChI=1S/C16H18O2/c1-16(2)9-5-7-12-14(10-16)18-13-8-4-3-6-11(13)15(12)17/h3-4,6,8H,5,7,9-10H2,1-2H3. The van der Waals surface area contributed by atoms with Crippen molar-refractivity contribution in [3.05, 3.63) is 45.8 Å². The van der Waals surface area contributed by atoms with E-state index in [2.05, 4.69) is 13.8 Å². The Kier molecular flexibility index (Phi) is 2.54. The Morgan fingerprint density at radius 3 is 2.83 bits per heavy atom. The largest absolute Gasteiger partial charge is 0.461 e. The van der Waals surface area contributed by atoms with Gasteiger partial charge < -0.3 is 4.42 Å². The molecule has 0 amide bonds. The highest BCUT2D eigenvalue weighted by Gasteiger charge is 2.27. The Balaban J connectivity index is 2.28. The zero-order valence-electron chi connectivity index (χ0n) is 11.0. The van der Waals surface area contributed by atoms with Crippen LogP contribution in [0.5, 0.6) is 0 Å². The van der Waals surface area contributed by atoms with Crippen molar-refractivity contribution < 1.29 is 4.42 Å². The molecule has 0 saturated carbocycles. The lowest BCUT2D eigenvalue weighted by molar-refractivity contribution is 0.311. The minimum atomic E-state index is 0.171. The topological polar surface area (TPSA) is 30.2 Å². The molecule has 0 bridgehead atoms. The average molecular weight is 242 g/mol. The molecule has 0 unspecified atom stereocenters. The molecular weight excluding hydrogens is 224 g/mol. The molecule has 0 aliphatic heterocycles. The maximum Gasteiger partial charge on any atom is 0.196 e. The summed E-state index contributed by atoms with van der Waals surface area (Å²) in [4.78, 5) is 12.5. The Morgan fingerprint density at radius 1 is 1.22 bits per heavy atom. The van der Waals surface area contributed by atoms with Gasteiger partial charge in [-0.15, -0.1) is 0 Å².